The molecule has 1 N–H and O–H groups in total. The number of rotatable bonds is 4. The zero-order valence-corrected chi connectivity index (χ0v) is 14.4. The highest BCUT2D eigenvalue weighted by atomic mass is 32.1. The maximum atomic E-state index is 9.45. The Balaban J connectivity index is 1.84. The van der Waals surface area contributed by atoms with Crippen LogP contribution >= 0.6 is 11.3 Å². The summed E-state index contributed by atoms with van der Waals surface area (Å²) in [7, 11) is 0. The molecule has 0 radical (unpaired) electrons. The molecule has 0 aliphatic heterocycles. The molecule has 3 nitrogen and oxygen atoms in total. The summed E-state index contributed by atoms with van der Waals surface area (Å²) in [6, 6.07) is 18.4. The number of anilines is 1. The van der Waals surface area contributed by atoms with E-state index in [1.165, 1.54) is 22.5 Å². The molecule has 0 aliphatic carbocycles. The molecule has 0 saturated carbocycles. The zero-order chi connectivity index (χ0) is 16.9. The second-order valence-corrected chi connectivity index (χ2v) is 6.45. The molecule has 1 aromatic heterocycles. The van der Waals surface area contributed by atoms with Crippen molar-refractivity contribution >= 4 is 22.6 Å². The second-order valence-electron chi connectivity index (χ2n) is 5.59. The smallest absolute Gasteiger partial charge is 0.136 e. The lowest BCUT2D eigenvalue weighted by Crippen LogP contribution is -1.92. The second kappa shape index (κ2) is 7.12. The molecule has 0 fully saturated rings. The van der Waals surface area contributed by atoms with Crippen LogP contribution in [0.2, 0.25) is 0 Å². The van der Waals surface area contributed by atoms with Crippen LogP contribution in [0.5, 0.6) is 0 Å². The lowest BCUT2D eigenvalue weighted by molar-refractivity contribution is 1.36. The van der Waals surface area contributed by atoms with E-state index in [4.69, 9.17) is 0 Å². The van der Waals surface area contributed by atoms with Crippen molar-refractivity contribution in [2.24, 2.45) is 0 Å². The van der Waals surface area contributed by atoms with Gasteiger partial charge in [0.15, 0.2) is 0 Å². The van der Waals surface area contributed by atoms with Gasteiger partial charge in [-0.3, -0.25) is 0 Å². The molecule has 2 aromatic carbocycles. The first kappa shape index (κ1) is 16.0. The van der Waals surface area contributed by atoms with Crippen LogP contribution in [0.1, 0.15) is 16.1 Å². The number of nitrogens with one attached hydrogen (secondary N) is 1. The van der Waals surface area contributed by atoms with Gasteiger partial charge in [0.2, 0.25) is 0 Å². The Hall–Kier alpha value is -2.90. The van der Waals surface area contributed by atoms with Gasteiger partial charge >= 0.3 is 0 Å². The summed E-state index contributed by atoms with van der Waals surface area (Å²) in [5, 5.41) is 15.4. The molecule has 0 saturated heterocycles. The van der Waals surface area contributed by atoms with Gasteiger partial charge in [-0.25, -0.2) is 4.98 Å². The average molecular weight is 331 g/mol. The number of hydrogen-bond donors (Lipinski definition) is 1. The molecule has 3 aromatic rings. The molecular weight excluding hydrogens is 314 g/mol. The Morgan fingerprint density at radius 2 is 1.83 bits per heavy atom. The molecule has 118 valence electrons. The Kier molecular flexibility index (Phi) is 4.74. The largest absolute Gasteiger partial charge is 0.360 e. The van der Waals surface area contributed by atoms with Crippen LogP contribution < -0.4 is 5.32 Å². The number of aryl methyl sites for hydroxylation is 2. The minimum Gasteiger partial charge on any atom is -0.360 e. The number of thiazole rings is 1. The first-order valence-electron chi connectivity index (χ1n) is 7.62. The summed E-state index contributed by atoms with van der Waals surface area (Å²) in [6.45, 7) is 4.11. The summed E-state index contributed by atoms with van der Waals surface area (Å²) >= 11 is 1.48. The lowest BCUT2D eigenvalue weighted by Gasteiger charge is -2.05. The third-order valence-electron chi connectivity index (χ3n) is 3.53. The molecule has 0 bridgehead atoms. The van der Waals surface area contributed by atoms with Gasteiger partial charge in [0, 0.05) is 22.8 Å². The quantitative estimate of drug-likeness (QED) is 0.651. The van der Waals surface area contributed by atoms with Crippen molar-refractivity contribution in [3.05, 3.63) is 76.2 Å². The van der Waals surface area contributed by atoms with Gasteiger partial charge in [-0.15, -0.1) is 11.3 Å². The van der Waals surface area contributed by atoms with Crippen molar-refractivity contribution in [2.45, 2.75) is 13.8 Å². The Labute approximate surface area is 145 Å². The van der Waals surface area contributed by atoms with Crippen molar-refractivity contribution in [3.63, 3.8) is 0 Å². The molecule has 0 spiro atoms. The van der Waals surface area contributed by atoms with E-state index in [0.29, 0.717) is 10.6 Å². The van der Waals surface area contributed by atoms with Crippen molar-refractivity contribution in [3.8, 4) is 17.3 Å². The summed E-state index contributed by atoms with van der Waals surface area (Å²) in [6.07, 6.45) is 1.72. The first-order chi connectivity index (χ1) is 11.7. The third-order valence-corrected chi connectivity index (χ3v) is 4.41. The molecule has 1 heterocycles. The van der Waals surface area contributed by atoms with Gasteiger partial charge in [0.1, 0.15) is 16.6 Å². The van der Waals surface area contributed by atoms with Crippen LogP contribution in [-0.4, -0.2) is 4.98 Å². The Morgan fingerprint density at radius 1 is 1.12 bits per heavy atom. The van der Waals surface area contributed by atoms with Crippen molar-refractivity contribution in [2.75, 3.05) is 5.32 Å². The normalized spacial score (nSPS) is 11.1. The monoisotopic (exact) mass is 331 g/mol. The van der Waals surface area contributed by atoms with Crippen LogP contribution in [0.15, 0.2) is 60.1 Å². The third kappa shape index (κ3) is 3.70. The fraction of sp³-hybridized carbons (Fsp3) is 0.100. The maximum Gasteiger partial charge on any atom is 0.136 e. The number of hydrogen-bond acceptors (Lipinski definition) is 4. The van der Waals surface area contributed by atoms with Crippen LogP contribution in [0.25, 0.3) is 16.8 Å². The van der Waals surface area contributed by atoms with E-state index in [9.17, 15) is 5.26 Å². The zero-order valence-electron chi connectivity index (χ0n) is 13.6. The molecule has 0 amide bonds. The van der Waals surface area contributed by atoms with Crippen molar-refractivity contribution in [1.29, 1.82) is 5.26 Å². The summed E-state index contributed by atoms with van der Waals surface area (Å²) in [5.74, 6) is 0. The summed E-state index contributed by atoms with van der Waals surface area (Å²) < 4.78 is 0. The molecule has 0 aliphatic rings. The van der Waals surface area contributed by atoms with Crippen LogP contribution in [0.3, 0.4) is 0 Å². The van der Waals surface area contributed by atoms with Gasteiger partial charge in [-0.05, 0) is 37.1 Å². The van der Waals surface area contributed by atoms with E-state index in [0.717, 1.165) is 16.9 Å². The number of aromatic nitrogens is 1. The van der Waals surface area contributed by atoms with Crippen LogP contribution in [-0.2, 0) is 0 Å². The molecule has 0 unspecified atom stereocenters. The van der Waals surface area contributed by atoms with Crippen LogP contribution in [0, 0.1) is 25.2 Å². The van der Waals surface area contributed by atoms with Crippen molar-refractivity contribution in [1.82, 2.24) is 4.98 Å². The highest BCUT2D eigenvalue weighted by Crippen LogP contribution is 2.26. The van der Waals surface area contributed by atoms with Gasteiger partial charge in [0.05, 0.1) is 5.69 Å². The highest BCUT2D eigenvalue weighted by molar-refractivity contribution is 7.11. The fourth-order valence-electron chi connectivity index (χ4n) is 2.49. The summed E-state index contributed by atoms with van der Waals surface area (Å²) in [4.78, 5) is 4.59. The van der Waals surface area contributed by atoms with Crippen LogP contribution in [0.4, 0.5) is 5.69 Å². The Bertz CT molecular complexity index is 897. The molecular formula is C20H17N3S. The maximum absolute atomic E-state index is 9.45. The minimum absolute atomic E-state index is 0.529. The standard InChI is InChI=1S/C20H17N3S/c1-14-8-15(2)10-18(9-14)22-12-17(11-21)20-23-19(13-24-20)16-6-4-3-5-7-16/h3-10,12-13,22H,1-2H3/b17-12-. The van der Waals surface area contributed by atoms with E-state index < -0.39 is 0 Å². The van der Waals surface area contributed by atoms with E-state index in [1.54, 1.807) is 6.20 Å². The van der Waals surface area contributed by atoms with Gasteiger partial charge in [-0.1, -0.05) is 36.4 Å². The van der Waals surface area contributed by atoms with E-state index in [2.05, 4.69) is 48.4 Å². The number of nitriles is 1. The van der Waals surface area contributed by atoms with E-state index in [1.807, 2.05) is 35.7 Å². The van der Waals surface area contributed by atoms with Gasteiger partial charge < -0.3 is 5.32 Å². The Morgan fingerprint density at radius 3 is 2.50 bits per heavy atom. The number of allylic oxidation sites excluding steroid dienone is 1. The molecule has 3 rings (SSSR count). The molecule has 24 heavy (non-hydrogen) atoms. The molecule has 4 heteroatoms. The van der Waals surface area contributed by atoms with Gasteiger partial charge in [0.25, 0.3) is 0 Å². The SMILES string of the molecule is Cc1cc(C)cc(N/C=C(/C#N)c2nc(-c3ccccc3)cs2)c1. The first-order valence-corrected chi connectivity index (χ1v) is 8.50. The lowest BCUT2D eigenvalue weighted by atomic mass is 10.1. The average Bonchev–Trinajstić information content (AvgIpc) is 3.05. The predicted octanol–water partition coefficient (Wildman–Crippen LogP) is 5.40. The van der Waals surface area contributed by atoms with E-state index in [-0.39, 0.29) is 0 Å². The topological polar surface area (TPSA) is 48.7 Å². The fourth-order valence-corrected chi connectivity index (χ4v) is 3.29. The minimum atomic E-state index is 0.529. The molecule has 0 atom stereocenters. The number of nitrogens with zero attached hydrogens (tertiary/aromatic N) is 2. The van der Waals surface area contributed by atoms with E-state index >= 15 is 0 Å². The van der Waals surface area contributed by atoms with Gasteiger partial charge in [-0.2, -0.15) is 5.26 Å². The summed E-state index contributed by atoms with van der Waals surface area (Å²) in [5.41, 5.74) is 5.82. The highest BCUT2D eigenvalue weighted by Gasteiger charge is 2.08. The predicted molar refractivity (Wildman–Crippen MR) is 101 cm³/mol. The number of benzene rings is 2. The van der Waals surface area contributed by atoms with Crippen molar-refractivity contribution < 1.29 is 0 Å².